The van der Waals surface area contributed by atoms with Gasteiger partial charge in [-0.05, 0) is 12.1 Å². The highest BCUT2D eigenvalue weighted by Crippen LogP contribution is 2.42. The second kappa shape index (κ2) is 4.10. The summed E-state index contributed by atoms with van der Waals surface area (Å²) in [5, 5.41) is 0. The minimum Gasteiger partial charge on any atom is -0.489 e. The number of benzene rings is 1. The molecule has 6 heteroatoms. The van der Waals surface area contributed by atoms with Gasteiger partial charge in [0, 0.05) is 13.6 Å². The van der Waals surface area contributed by atoms with Crippen molar-refractivity contribution in [3.8, 4) is 5.75 Å². The van der Waals surface area contributed by atoms with Gasteiger partial charge in [0.2, 0.25) is 0 Å². The first kappa shape index (κ1) is 12.0. The highest BCUT2D eigenvalue weighted by atomic mass is 19.4. The summed E-state index contributed by atoms with van der Waals surface area (Å²) < 4.78 is 43.6. The molecule has 2 N–H and O–H groups in total. The summed E-state index contributed by atoms with van der Waals surface area (Å²) in [7, 11) is 1.70. The maximum atomic E-state index is 12.8. The van der Waals surface area contributed by atoms with Gasteiger partial charge in [0.25, 0.3) is 0 Å². The van der Waals surface area contributed by atoms with E-state index in [0.29, 0.717) is 12.2 Å². The molecule has 2 rings (SSSR count). The van der Waals surface area contributed by atoms with E-state index >= 15 is 0 Å². The van der Waals surface area contributed by atoms with Crippen molar-refractivity contribution in [3.63, 3.8) is 0 Å². The maximum Gasteiger partial charge on any atom is 0.420 e. The number of likely N-dealkylation sites (N-methyl/N-ethyl adjacent to an activating group) is 1. The van der Waals surface area contributed by atoms with Crippen molar-refractivity contribution in [2.75, 3.05) is 25.1 Å². The van der Waals surface area contributed by atoms with Crippen LogP contribution < -0.4 is 15.4 Å². The normalized spacial score (nSPS) is 20.5. The molecule has 1 heterocycles. The Balaban J connectivity index is 2.51. The summed E-state index contributed by atoms with van der Waals surface area (Å²) in [5.41, 5.74) is 5.39. The number of ether oxygens (including phenoxy) is 1. The minimum atomic E-state index is -4.42. The van der Waals surface area contributed by atoms with Gasteiger partial charge < -0.3 is 15.4 Å². The van der Waals surface area contributed by atoms with Crippen LogP contribution in [0, 0.1) is 0 Å². The highest BCUT2D eigenvalue weighted by Gasteiger charge is 2.36. The standard InChI is InChI=1S/C11H13F3N2O/c1-16-5-7(15)6-17-10-8(11(12,13)14)3-2-4-9(10)16/h2-4,7H,5-6,15H2,1H3/t7-/m0/s1. The number of anilines is 1. The SMILES string of the molecule is CN1C[C@H](N)COc2c1cccc2C(F)(F)F. The van der Waals surface area contributed by atoms with Crippen molar-refractivity contribution in [1.29, 1.82) is 0 Å². The van der Waals surface area contributed by atoms with E-state index in [2.05, 4.69) is 0 Å². The first-order chi connectivity index (χ1) is 7.89. The zero-order chi connectivity index (χ0) is 12.6. The van der Waals surface area contributed by atoms with Crippen LogP contribution >= 0.6 is 0 Å². The third kappa shape index (κ3) is 2.31. The van der Waals surface area contributed by atoms with Crippen LogP contribution in [0.25, 0.3) is 0 Å². The van der Waals surface area contributed by atoms with E-state index in [1.54, 1.807) is 18.0 Å². The van der Waals surface area contributed by atoms with Crippen LogP contribution in [-0.2, 0) is 6.18 Å². The number of alkyl halides is 3. The molecule has 0 bridgehead atoms. The van der Waals surface area contributed by atoms with Crippen molar-refractivity contribution >= 4 is 5.69 Å². The van der Waals surface area contributed by atoms with E-state index in [0.717, 1.165) is 6.07 Å². The van der Waals surface area contributed by atoms with Crippen LogP contribution in [0.5, 0.6) is 5.75 Å². The van der Waals surface area contributed by atoms with Crippen LogP contribution in [-0.4, -0.2) is 26.2 Å². The van der Waals surface area contributed by atoms with Crippen LogP contribution in [0.1, 0.15) is 5.56 Å². The van der Waals surface area contributed by atoms with Gasteiger partial charge in [0.15, 0.2) is 5.75 Å². The van der Waals surface area contributed by atoms with Crippen LogP contribution in [0.3, 0.4) is 0 Å². The molecule has 1 aliphatic heterocycles. The predicted octanol–water partition coefficient (Wildman–Crippen LogP) is 1.86. The molecule has 1 aromatic carbocycles. The molecule has 94 valence electrons. The average molecular weight is 246 g/mol. The molecular weight excluding hydrogens is 233 g/mol. The van der Waals surface area contributed by atoms with Crippen LogP contribution in [0.2, 0.25) is 0 Å². The Bertz CT molecular complexity index is 420. The monoisotopic (exact) mass is 246 g/mol. The third-order valence-electron chi connectivity index (χ3n) is 2.66. The molecule has 0 saturated heterocycles. The fourth-order valence-corrected chi connectivity index (χ4v) is 1.89. The molecule has 1 atom stereocenters. The van der Waals surface area contributed by atoms with Crippen molar-refractivity contribution in [1.82, 2.24) is 0 Å². The van der Waals surface area contributed by atoms with Gasteiger partial charge in [0.05, 0.1) is 17.3 Å². The molecule has 0 radical (unpaired) electrons. The zero-order valence-corrected chi connectivity index (χ0v) is 9.29. The first-order valence-corrected chi connectivity index (χ1v) is 5.19. The fraction of sp³-hybridized carbons (Fsp3) is 0.455. The predicted molar refractivity (Wildman–Crippen MR) is 58.2 cm³/mol. The Morgan fingerprint density at radius 3 is 2.76 bits per heavy atom. The number of halogens is 3. The first-order valence-electron chi connectivity index (χ1n) is 5.19. The number of fused-ring (bicyclic) bond motifs is 1. The van der Waals surface area contributed by atoms with E-state index in [1.165, 1.54) is 6.07 Å². The summed E-state index contributed by atoms with van der Waals surface area (Å²) in [6.45, 7) is 0.554. The minimum absolute atomic E-state index is 0.0877. The van der Waals surface area contributed by atoms with Crippen LogP contribution in [0.4, 0.5) is 18.9 Å². The Morgan fingerprint density at radius 1 is 1.41 bits per heavy atom. The molecule has 1 aliphatic rings. The Morgan fingerprint density at radius 2 is 2.12 bits per heavy atom. The lowest BCUT2D eigenvalue weighted by atomic mass is 10.1. The second-order valence-electron chi connectivity index (χ2n) is 4.10. The second-order valence-corrected chi connectivity index (χ2v) is 4.10. The third-order valence-corrected chi connectivity index (χ3v) is 2.66. The molecule has 0 amide bonds. The van der Waals surface area contributed by atoms with Gasteiger partial charge in [-0.25, -0.2) is 0 Å². The lowest BCUT2D eigenvalue weighted by Gasteiger charge is -2.21. The van der Waals surface area contributed by atoms with E-state index in [-0.39, 0.29) is 18.4 Å². The summed E-state index contributed by atoms with van der Waals surface area (Å²) >= 11 is 0. The van der Waals surface area contributed by atoms with Gasteiger partial charge in [-0.1, -0.05) is 6.07 Å². The smallest absolute Gasteiger partial charge is 0.420 e. The summed E-state index contributed by atoms with van der Waals surface area (Å²) in [6.07, 6.45) is -4.42. The van der Waals surface area contributed by atoms with E-state index < -0.39 is 11.7 Å². The molecule has 0 unspecified atom stereocenters. The molecular formula is C11H13F3N2O. The van der Waals surface area contributed by atoms with E-state index in [4.69, 9.17) is 10.5 Å². The Labute approximate surface area is 97.0 Å². The van der Waals surface area contributed by atoms with Crippen molar-refractivity contribution < 1.29 is 17.9 Å². The van der Waals surface area contributed by atoms with Gasteiger partial charge in [-0.15, -0.1) is 0 Å². The summed E-state index contributed by atoms with van der Waals surface area (Å²) in [6, 6.07) is 3.69. The Hall–Kier alpha value is -1.43. The number of nitrogens with zero attached hydrogens (tertiary/aromatic N) is 1. The molecule has 0 aliphatic carbocycles. The lowest BCUT2D eigenvalue weighted by Crippen LogP contribution is -2.37. The number of hydrogen-bond acceptors (Lipinski definition) is 3. The number of rotatable bonds is 0. The molecule has 0 saturated carbocycles. The molecule has 17 heavy (non-hydrogen) atoms. The lowest BCUT2D eigenvalue weighted by molar-refractivity contribution is -0.138. The van der Waals surface area contributed by atoms with Gasteiger partial charge in [-0.2, -0.15) is 13.2 Å². The average Bonchev–Trinajstić information content (AvgIpc) is 2.37. The topological polar surface area (TPSA) is 38.5 Å². The van der Waals surface area contributed by atoms with Gasteiger partial charge >= 0.3 is 6.18 Å². The number of nitrogens with two attached hydrogens (primary N) is 1. The molecule has 0 aromatic heterocycles. The van der Waals surface area contributed by atoms with Crippen LogP contribution in [0.15, 0.2) is 18.2 Å². The number of hydrogen-bond donors (Lipinski definition) is 1. The van der Waals surface area contributed by atoms with Gasteiger partial charge in [0.1, 0.15) is 6.61 Å². The summed E-state index contributed by atoms with van der Waals surface area (Å²) in [4.78, 5) is 1.68. The summed E-state index contributed by atoms with van der Waals surface area (Å²) in [5.74, 6) is -0.129. The number of para-hydroxylation sites is 1. The zero-order valence-electron chi connectivity index (χ0n) is 9.29. The van der Waals surface area contributed by atoms with Crippen molar-refractivity contribution in [3.05, 3.63) is 23.8 Å². The quantitative estimate of drug-likeness (QED) is 0.759. The molecule has 0 fully saturated rings. The Kier molecular flexibility index (Phi) is 2.91. The van der Waals surface area contributed by atoms with E-state index in [9.17, 15) is 13.2 Å². The fourth-order valence-electron chi connectivity index (χ4n) is 1.89. The van der Waals surface area contributed by atoms with E-state index in [1.807, 2.05) is 0 Å². The highest BCUT2D eigenvalue weighted by molar-refractivity contribution is 5.63. The van der Waals surface area contributed by atoms with Gasteiger partial charge in [-0.3, -0.25) is 0 Å². The maximum absolute atomic E-state index is 12.8. The van der Waals surface area contributed by atoms with Crippen molar-refractivity contribution in [2.24, 2.45) is 5.73 Å². The molecule has 1 aromatic rings. The van der Waals surface area contributed by atoms with Crippen molar-refractivity contribution in [2.45, 2.75) is 12.2 Å². The molecule has 3 nitrogen and oxygen atoms in total. The largest absolute Gasteiger partial charge is 0.489 e. The molecule has 0 spiro atoms.